The van der Waals surface area contributed by atoms with Crippen molar-refractivity contribution in [2.45, 2.75) is 44.4 Å². The third-order valence-electron chi connectivity index (χ3n) is 4.97. The average Bonchev–Trinajstić information content (AvgIpc) is 3.22. The van der Waals surface area contributed by atoms with Crippen LogP contribution >= 0.6 is 0 Å². The van der Waals surface area contributed by atoms with Gasteiger partial charge in [0.15, 0.2) is 0 Å². The number of pyridine rings is 1. The van der Waals surface area contributed by atoms with Crippen molar-refractivity contribution in [1.82, 2.24) is 20.4 Å². The number of hydrogen-bond acceptors (Lipinski definition) is 6. The molecule has 0 spiro atoms. The Morgan fingerprint density at radius 2 is 2.32 bits per heavy atom. The first-order chi connectivity index (χ1) is 12.2. The van der Waals surface area contributed by atoms with Crippen molar-refractivity contribution in [3.63, 3.8) is 0 Å². The number of aliphatic hydroxyl groups is 1. The SMILES string of the molecule is O=C(NC1CCc2onc(CN3CC[C@@H](O)C3)c2C1)c1ccccn1. The van der Waals surface area contributed by atoms with E-state index < -0.39 is 0 Å². The van der Waals surface area contributed by atoms with Crippen molar-refractivity contribution in [2.24, 2.45) is 0 Å². The monoisotopic (exact) mass is 342 g/mol. The molecule has 2 N–H and O–H groups in total. The van der Waals surface area contributed by atoms with Gasteiger partial charge in [0.2, 0.25) is 0 Å². The third kappa shape index (κ3) is 3.57. The first-order valence-electron chi connectivity index (χ1n) is 8.77. The van der Waals surface area contributed by atoms with Crippen molar-refractivity contribution < 1.29 is 14.4 Å². The van der Waals surface area contributed by atoms with Gasteiger partial charge in [-0.25, -0.2) is 0 Å². The molecule has 132 valence electrons. The summed E-state index contributed by atoms with van der Waals surface area (Å²) in [6.45, 7) is 2.25. The number of fused-ring (bicyclic) bond motifs is 1. The van der Waals surface area contributed by atoms with Crippen molar-refractivity contribution in [3.05, 3.63) is 47.1 Å². The van der Waals surface area contributed by atoms with E-state index in [0.29, 0.717) is 18.8 Å². The van der Waals surface area contributed by atoms with E-state index in [4.69, 9.17) is 4.52 Å². The lowest BCUT2D eigenvalue weighted by molar-refractivity contribution is 0.0927. The molecule has 1 amide bonds. The first kappa shape index (κ1) is 16.2. The molecule has 0 radical (unpaired) electrons. The first-order valence-corrected chi connectivity index (χ1v) is 8.77. The molecule has 0 saturated carbocycles. The zero-order valence-corrected chi connectivity index (χ0v) is 14.0. The van der Waals surface area contributed by atoms with E-state index in [2.05, 4.69) is 20.4 Å². The summed E-state index contributed by atoms with van der Waals surface area (Å²) in [4.78, 5) is 18.6. The van der Waals surface area contributed by atoms with Crippen LogP contribution in [-0.4, -0.2) is 51.3 Å². The molecular formula is C18H22N4O3. The highest BCUT2D eigenvalue weighted by molar-refractivity contribution is 5.92. The van der Waals surface area contributed by atoms with Gasteiger partial charge in [-0.15, -0.1) is 0 Å². The molecule has 1 fully saturated rings. The Labute approximate surface area is 146 Å². The Hall–Kier alpha value is -2.25. The van der Waals surface area contributed by atoms with Gasteiger partial charge in [-0.2, -0.15) is 0 Å². The van der Waals surface area contributed by atoms with Crippen LogP contribution in [0.25, 0.3) is 0 Å². The van der Waals surface area contributed by atoms with Crippen LogP contribution in [0.4, 0.5) is 0 Å². The lowest BCUT2D eigenvalue weighted by Gasteiger charge is -2.23. The fraction of sp³-hybridized carbons (Fsp3) is 0.500. The van der Waals surface area contributed by atoms with Crippen LogP contribution in [-0.2, 0) is 19.4 Å². The lowest BCUT2D eigenvalue weighted by atomic mass is 9.92. The zero-order valence-electron chi connectivity index (χ0n) is 14.0. The second kappa shape index (κ2) is 6.93. The number of aryl methyl sites for hydroxylation is 1. The van der Waals surface area contributed by atoms with Crippen LogP contribution < -0.4 is 5.32 Å². The maximum Gasteiger partial charge on any atom is 0.270 e. The quantitative estimate of drug-likeness (QED) is 0.859. The molecule has 1 aliphatic carbocycles. The molecule has 0 aromatic carbocycles. The number of aliphatic hydroxyl groups excluding tert-OH is 1. The molecule has 0 bridgehead atoms. The largest absolute Gasteiger partial charge is 0.392 e. The molecule has 2 atom stereocenters. The lowest BCUT2D eigenvalue weighted by Crippen LogP contribution is -2.39. The van der Waals surface area contributed by atoms with Crippen molar-refractivity contribution in [1.29, 1.82) is 0 Å². The highest BCUT2D eigenvalue weighted by Crippen LogP contribution is 2.26. The number of aromatic nitrogens is 2. The van der Waals surface area contributed by atoms with Gasteiger partial charge in [-0.1, -0.05) is 11.2 Å². The summed E-state index contributed by atoms with van der Waals surface area (Å²) in [5.74, 6) is 0.785. The average molecular weight is 342 g/mol. The number of rotatable bonds is 4. The number of nitrogens with zero attached hydrogens (tertiary/aromatic N) is 3. The highest BCUT2D eigenvalue weighted by atomic mass is 16.5. The van der Waals surface area contributed by atoms with E-state index in [9.17, 15) is 9.90 Å². The van der Waals surface area contributed by atoms with Crippen LogP contribution in [0.2, 0.25) is 0 Å². The van der Waals surface area contributed by atoms with Gasteiger partial charge >= 0.3 is 0 Å². The summed E-state index contributed by atoms with van der Waals surface area (Å²) in [5.41, 5.74) is 2.48. The van der Waals surface area contributed by atoms with Gasteiger partial charge < -0.3 is 14.9 Å². The van der Waals surface area contributed by atoms with Crippen molar-refractivity contribution >= 4 is 5.91 Å². The molecule has 7 heteroatoms. The van der Waals surface area contributed by atoms with Gasteiger partial charge in [0.25, 0.3) is 5.91 Å². The van der Waals surface area contributed by atoms with E-state index in [1.54, 1.807) is 18.3 Å². The van der Waals surface area contributed by atoms with E-state index in [1.165, 1.54) is 0 Å². The van der Waals surface area contributed by atoms with Crippen LogP contribution in [0, 0.1) is 0 Å². The topological polar surface area (TPSA) is 91.5 Å². The highest BCUT2D eigenvalue weighted by Gasteiger charge is 2.29. The second-order valence-electron chi connectivity index (χ2n) is 6.84. The summed E-state index contributed by atoms with van der Waals surface area (Å²) in [5, 5.41) is 17.0. The molecule has 25 heavy (non-hydrogen) atoms. The predicted molar refractivity (Wildman–Crippen MR) is 89.9 cm³/mol. The normalized spacial score (nSPS) is 23.4. The van der Waals surface area contributed by atoms with Crippen LogP contribution in [0.5, 0.6) is 0 Å². The number of hydrogen-bond donors (Lipinski definition) is 2. The molecule has 2 aliphatic rings. The van der Waals surface area contributed by atoms with E-state index in [-0.39, 0.29) is 18.1 Å². The number of likely N-dealkylation sites (tertiary alicyclic amines) is 1. The Morgan fingerprint density at radius 1 is 1.40 bits per heavy atom. The minimum absolute atomic E-state index is 0.0596. The Morgan fingerprint density at radius 3 is 3.08 bits per heavy atom. The van der Waals surface area contributed by atoms with Gasteiger partial charge in [-0.3, -0.25) is 14.7 Å². The Balaban J connectivity index is 1.42. The van der Waals surface area contributed by atoms with E-state index >= 15 is 0 Å². The van der Waals surface area contributed by atoms with Gasteiger partial charge in [0, 0.05) is 43.9 Å². The number of amides is 1. The predicted octanol–water partition coefficient (Wildman–Crippen LogP) is 0.923. The molecule has 2 aromatic rings. The summed E-state index contributed by atoms with van der Waals surface area (Å²) < 4.78 is 5.50. The Bertz CT molecular complexity index is 746. The van der Waals surface area contributed by atoms with Gasteiger partial charge in [-0.05, 0) is 31.4 Å². The van der Waals surface area contributed by atoms with E-state index in [1.807, 2.05) is 6.07 Å². The Kier molecular flexibility index (Phi) is 4.50. The molecule has 2 aromatic heterocycles. The maximum atomic E-state index is 12.3. The molecule has 1 saturated heterocycles. The standard InChI is InChI=1S/C18H22N4O3/c23-13-6-8-22(10-13)11-16-14-9-12(4-5-17(14)25-21-16)20-18(24)15-3-1-2-7-19-15/h1-3,7,12-13,23H,4-6,8-11H2,(H,20,24)/t12?,13-/m1/s1. The van der Waals surface area contributed by atoms with Crippen molar-refractivity contribution in [2.75, 3.05) is 13.1 Å². The minimum Gasteiger partial charge on any atom is -0.392 e. The summed E-state index contributed by atoms with van der Waals surface area (Å²) in [6, 6.07) is 5.38. The fourth-order valence-corrected chi connectivity index (χ4v) is 3.63. The molecular weight excluding hydrogens is 320 g/mol. The third-order valence-corrected chi connectivity index (χ3v) is 4.97. The summed E-state index contributed by atoms with van der Waals surface area (Å²) in [6.07, 6.45) is 4.52. The zero-order chi connectivity index (χ0) is 17.2. The second-order valence-corrected chi connectivity index (χ2v) is 6.84. The van der Waals surface area contributed by atoms with Crippen LogP contribution in [0.1, 0.15) is 40.3 Å². The molecule has 1 aliphatic heterocycles. The van der Waals surface area contributed by atoms with Crippen LogP contribution in [0.3, 0.4) is 0 Å². The van der Waals surface area contributed by atoms with E-state index in [0.717, 1.165) is 49.2 Å². The number of carbonyl (C=O) groups is 1. The van der Waals surface area contributed by atoms with Gasteiger partial charge in [0.1, 0.15) is 17.1 Å². The molecule has 3 heterocycles. The maximum absolute atomic E-state index is 12.3. The molecule has 7 nitrogen and oxygen atoms in total. The van der Waals surface area contributed by atoms with Crippen molar-refractivity contribution in [3.8, 4) is 0 Å². The van der Waals surface area contributed by atoms with Gasteiger partial charge in [0.05, 0.1) is 6.10 Å². The number of carbonyl (C=O) groups excluding carboxylic acids is 1. The number of β-amino-alcohol motifs (C(OH)–C–C–N with tert-alkyl or cyclic N) is 1. The molecule has 4 rings (SSSR count). The van der Waals surface area contributed by atoms with Crippen LogP contribution in [0.15, 0.2) is 28.9 Å². The summed E-state index contributed by atoms with van der Waals surface area (Å²) >= 11 is 0. The minimum atomic E-state index is -0.242. The molecule has 1 unspecified atom stereocenters. The fourth-order valence-electron chi connectivity index (χ4n) is 3.63. The smallest absolute Gasteiger partial charge is 0.270 e. The summed E-state index contributed by atoms with van der Waals surface area (Å²) in [7, 11) is 0. The number of nitrogens with one attached hydrogen (secondary N) is 1.